The van der Waals surface area contributed by atoms with Gasteiger partial charge in [0.2, 0.25) is 5.88 Å². The number of fused-ring (bicyclic) bond motifs is 1. The number of methoxy groups -OCH3 is 1. The number of aromatic nitrogens is 6. The lowest BCUT2D eigenvalue weighted by molar-refractivity contribution is 0.0727. The van der Waals surface area contributed by atoms with E-state index in [1.54, 1.807) is 31.2 Å². The van der Waals surface area contributed by atoms with Gasteiger partial charge >= 0.3 is 0 Å². The van der Waals surface area contributed by atoms with Gasteiger partial charge in [0.15, 0.2) is 5.60 Å². The van der Waals surface area contributed by atoms with Gasteiger partial charge in [-0.2, -0.15) is 5.10 Å². The zero-order chi connectivity index (χ0) is 28.9. The highest BCUT2D eigenvalue weighted by Gasteiger charge is 2.45. The number of likely N-dealkylation sites (N-methyl/N-ethyl adjacent to an activating group) is 1. The number of rotatable bonds is 7. The summed E-state index contributed by atoms with van der Waals surface area (Å²) in [6.45, 7) is 2.08. The smallest absolute Gasteiger partial charge is 0.218 e. The van der Waals surface area contributed by atoms with E-state index in [1.165, 1.54) is 0 Å². The minimum atomic E-state index is -1.55. The van der Waals surface area contributed by atoms with Crippen LogP contribution >= 0.6 is 11.6 Å². The molecule has 0 aliphatic carbocycles. The van der Waals surface area contributed by atoms with Gasteiger partial charge in [0, 0.05) is 57.1 Å². The van der Waals surface area contributed by atoms with Crippen molar-refractivity contribution in [2.75, 3.05) is 21.2 Å². The number of hydrogen-bond acceptors (Lipinski definition) is 8. The molecule has 2 aromatic carbocycles. The Morgan fingerprint density at radius 1 is 1.10 bits per heavy atom. The Morgan fingerprint density at radius 3 is 2.49 bits per heavy atom. The van der Waals surface area contributed by atoms with Crippen LogP contribution in [0.2, 0.25) is 5.02 Å². The van der Waals surface area contributed by atoms with Gasteiger partial charge in [-0.3, -0.25) is 0 Å². The Labute approximate surface area is 243 Å². The second kappa shape index (κ2) is 10.2. The molecule has 11 heteroatoms. The number of aryl methyl sites for hydroxylation is 1. The third-order valence-electron chi connectivity index (χ3n) is 7.99. The maximum Gasteiger partial charge on any atom is 0.218 e. The number of halogens is 1. The Balaban J connectivity index is 1.46. The standard InChI is InChI=1S/C30H31ClN8O2/c1-19-36(2)18-27(37(19)3)30(40,26-17-32-35-38(26)4)21-9-12-25-23(16-21)28(31)24(29(34-25)41-5)15-20-7-10-22(11-8-20)39-14-6-13-33-39/h6-14,16-19,40H,15H2,1-5H3. The number of ether oxygens (including phenoxy) is 1. The van der Waals surface area contributed by atoms with E-state index in [2.05, 4.69) is 27.2 Å². The second-order valence-electron chi connectivity index (χ2n) is 10.3. The molecule has 0 saturated heterocycles. The maximum atomic E-state index is 12.6. The summed E-state index contributed by atoms with van der Waals surface area (Å²) in [6, 6.07) is 15.6. The highest BCUT2D eigenvalue weighted by atomic mass is 35.5. The van der Waals surface area contributed by atoms with Crippen molar-refractivity contribution in [3.63, 3.8) is 0 Å². The first-order valence-electron chi connectivity index (χ1n) is 13.2. The summed E-state index contributed by atoms with van der Waals surface area (Å²) in [5, 5.41) is 26.3. The fraction of sp³-hybridized carbons (Fsp3) is 0.267. The molecule has 3 aromatic heterocycles. The molecule has 6 rings (SSSR count). The lowest BCUT2D eigenvalue weighted by Crippen LogP contribution is -2.41. The van der Waals surface area contributed by atoms with E-state index in [0.717, 1.165) is 16.8 Å². The van der Waals surface area contributed by atoms with Gasteiger partial charge in [-0.05, 0) is 48.4 Å². The fourth-order valence-corrected chi connectivity index (χ4v) is 5.74. The highest BCUT2D eigenvalue weighted by molar-refractivity contribution is 6.36. The van der Waals surface area contributed by atoms with Crippen LogP contribution in [-0.2, 0) is 19.1 Å². The van der Waals surface area contributed by atoms with Gasteiger partial charge in [-0.1, -0.05) is 35.0 Å². The molecule has 0 saturated carbocycles. The van der Waals surface area contributed by atoms with Gasteiger partial charge in [0.05, 0.1) is 41.4 Å². The molecule has 0 fully saturated rings. The zero-order valence-electron chi connectivity index (χ0n) is 23.5. The van der Waals surface area contributed by atoms with Gasteiger partial charge in [0.25, 0.3) is 0 Å². The van der Waals surface area contributed by atoms with E-state index in [4.69, 9.17) is 21.3 Å². The van der Waals surface area contributed by atoms with E-state index >= 15 is 0 Å². The van der Waals surface area contributed by atoms with Gasteiger partial charge < -0.3 is 19.6 Å². The van der Waals surface area contributed by atoms with Crippen molar-refractivity contribution in [2.24, 2.45) is 7.05 Å². The molecule has 0 amide bonds. The van der Waals surface area contributed by atoms with E-state index in [0.29, 0.717) is 45.2 Å². The molecule has 4 heterocycles. The van der Waals surface area contributed by atoms with Gasteiger partial charge in [0.1, 0.15) is 5.69 Å². The van der Waals surface area contributed by atoms with Crippen LogP contribution in [0.5, 0.6) is 5.88 Å². The third-order valence-corrected chi connectivity index (χ3v) is 8.42. The van der Waals surface area contributed by atoms with Crippen molar-refractivity contribution in [3.8, 4) is 11.6 Å². The van der Waals surface area contributed by atoms with Crippen LogP contribution in [0.3, 0.4) is 0 Å². The van der Waals surface area contributed by atoms with Gasteiger partial charge in [-0.15, -0.1) is 5.10 Å². The molecular weight excluding hydrogens is 540 g/mol. The van der Waals surface area contributed by atoms with Gasteiger partial charge in [-0.25, -0.2) is 14.3 Å². The number of nitrogens with zero attached hydrogens (tertiary/aromatic N) is 8. The predicted octanol–water partition coefficient (Wildman–Crippen LogP) is 4.10. The van der Waals surface area contributed by atoms with E-state index in [-0.39, 0.29) is 6.17 Å². The molecular formula is C30H31ClN8O2. The molecule has 10 nitrogen and oxygen atoms in total. The summed E-state index contributed by atoms with van der Waals surface area (Å²) in [6.07, 6.45) is 7.77. The summed E-state index contributed by atoms with van der Waals surface area (Å²) in [5.74, 6) is 0.464. The Morgan fingerprint density at radius 2 is 1.88 bits per heavy atom. The topological polar surface area (TPSA) is 97.4 Å². The van der Waals surface area contributed by atoms with E-state index in [1.807, 2.05) is 84.6 Å². The molecule has 210 valence electrons. The normalized spacial score (nSPS) is 16.8. The van der Waals surface area contributed by atoms with Crippen molar-refractivity contribution in [1.82, 2.24) is 39.6 Å². The Bertz CT molecular complexity index is 1750. The molecule has 2 unspecified atom stereocenters. The number of aliphatic hydroxyl groups is 1. The number of pyridine rings is 1. The molecule has 0 spiro atoms. The summed E-state index contributed by atoms with van der Waals surface area (Å²) in [4.78, 5) is 8.88. The van der Waals surface area contributed by atoms with Crippen LogP contribution in [0, 0.1) is 0 Å². The third kappa shape index (κ3) is 4.39. The largest absolute Gasteiger partial charge is 0.481 e. The van der Waals surface area contributed by atoms with E-state index < -0.39 is 5.60 Å². The number of benzene rings is 2. The van der Waals surface area contributed by atoms with Crippen molar-refractivity contribution in [2.45, 2.75) is 25.1 Å². The molecule has 1 N–H and O–H groups in total. The SMILES string of the molecule is COc1nc2ccc(C(O)(C3=CN(C)C(C)N3C)c3cnnn3C)cc2c(Cl)c1Cc1ccc(-n2cccn2)cc1. The van der Waals surface area contributed by atoms with Crippen molar-refractivity contribution in [3.05, 3.63) is 106 Å². The zero-order valence-corrected chi connectivity index (χ0v) is 24.3. The van der Waals surface area contributed by atoms with Crippen LogP contribution in [0.1, 0.15) is 29.3 Å². The summed E-state index contributed by atoms with van der Waals surface area (Å²) in [5.41, 5.74) is 3.75. The first kappa shape index (κ1) is 26.8. The highest BCUT2D eigenvalue weighted by Crippen LogP contribution is 2.43. The minimum absolute atomic E-state index is 0.0546. The van der Waals surface area contributed by atoms with E-state index in [9.17, 15) is 5.11 Å². The molecule has 41 heavy (non-hydrogen) atoms. The first-order valence-corrected chi connectivity index (χ1v) is 13.6. The van der Waals surface area contributed by atoms with Crippen LogP contribution in [-0.4, -0.2) is 72.0 Å². The monoisotopic (exact) mass is 570 g/mol. The average molecular weight is 571 g/mol. The van der Waals surface area contributed by atoms with Crippen LogP contribution in [0.15, 0.2) is 79.0 Å². The fourth-order valence-electron chi connectivity index (χ4n) is 5.44. The van der Waals surface area contributed by atoms with Crippen LogP contribution in [0.25, 0.3) is 16.6 Å². The Hall–Kier alpha value is -4.41. The lowest BCUT2D eigenvalue weighted by Gasteiger charge is -2.35. The first-order chi connectivity index (χ1) is 19.7. The predicted molar refractivity (Wildman–Crippen MR) is 157 cm³/mol. The summed E-state index contributed by atoms with van der Waals surface area (Å²) < 4.78 is 9.08. The quantitative estimate of drug-likeness (QED) is 0.312. The number of hydrogen-bond donors (Lipinski definition) is 1. The van der Waals surface area contributed by atoms with Crippen LogP contribution < -0.4 is 4.74 Å². The average Bonchev–Trinajstić information content (AvgIpc) is 3.73. The van der Waals surface area contributed by atoms with Crippen molar-refractivity contribution in [1.29, 1.82) is 0 Å². The lowest BCUT2D eigenvalue weighted by atomic mass is 9.86. The van der Waals surface area contributed by atoms with Crippen molar-refractivity contribution < 1.29 is 9.84 Å². The van der Waals surface area contributed by atoms with Crippen LogP contribution in [0.4, 0.5) is 0 Å². The summed E-state index contributed by atoms with van der Waals surface area (Å²) in [7, 11) is 7.31. The maximum absolute atomic E-state index is 12.6. The second-order valence-corrected chi connectivity index (χ2v) is 10.7. The molecule has 1 aliphatic rings. The molecule has 5 aromatic rings. The molecule has 0 bridgehead atoms. The van der Waals surface area contributed by atoms with Crippen molar-refractivity contribution >= 4 is 22.5 Å². The Kier molecular flexibility index (Phi) is 6.67. The molecule has 2 atom stereocenters. The molecule has 1 aliphatic heterocycles. The molecule has 0 radical (unpaired) electrons. The minimum Gasteiger partial charge on any atom is -0.481 e. The summed E-state index contributed by atoms with van der Waals surface area (Å²) >= 11 is 7.12.